The Hall–Kier alpha value is -2.63. The second kappa shape index (κ2) is 7.29. The van der Waals surface area contributed by atoms with E-state index < -0.39 is 0 Å². The molecule has 2 N–H and O–H groups in total. The zero-order valence-corrected chi connectivity index (χ0v) is 13.8. The monoisotopic (exact) mass is 358 g/mol. The largest absolute Gasteiger partial charge is 0.322 e. The zero-order valence-electron chi connectivity index (χ0n) is 12.3. The number of amides is 1. The SMILES string of the molecule is O=C(Nc1ccccc1)c1cnc(Nc2c(Cl)cccc2Cl)nc1. The highest BCUT2D eigenvalue weighted by Gasteiger charge is 2.10. The first-order chi connectivity index (χ1) is 11.6. The minimum atomic E-state index is -0.288. The average Bonchev–Trinajstić information content (AvgIpc) is 2.60. The lowest BCUT2D eigenvalue weighted by Gasteiger charge is -2.09. The number of hydrogen-bond acceptors (Lipinski definition) is 4. The van der Waals surface area contributed by atoms with Crippen LogP contribution >= 0.6 is 23.2 Å². The first-order valence-corrected chi connectivity index (χ1v) is 7.78. The van der Waals surface area contributed by atoms with Gasteiger partial charge in [-0.15, -0.1) is 0 Å². The standard InChI is InChI=1S/C17H12Cl2N4O/c18-13-7-4-8-14(19)15(13)23-17-20-9-11(10-21-17)16(24)22-12-5-2-1-3-6-12/h1-10H,(H,22,24)(H,20,21,23). The number of para-hydroxylation sites is 2. The molecular formula is C17H12Cl2N4O. The third kappa shape index (κ3) is 3.82. The Morgan fingerprint density at radius 2 is 1.50 bits per heavy atom. The first-order valence-electron chi connectivity index (χ1n) is 7.03. The molecule has 0 aliphatic carbocycles. The van der Waals surface area contributed by atoms with E-state index in [1.165, 1.54) is 12.4 Å². The van der Waals surface area contributed by atoms with E-state index in [4.69, 9.17) is 23.2 Å². The molecule has 0 aliphatic rings. The van der Waals surface area contributed by atoms with Crippen LogP contribution in [0, 0.1) is 0 Å². The van der Waals surface area contributed by atoms with Crippen LogP contribution < -0.4 is 10.6 Å². The Bertz CT molecular complexity index is 834. The van der Waals surface area contributed by atoms with Crippen molar-refractivity contribution >= 4 is 46.4 Å². The normalized spacial score (nSPS) is 10.2. The summed E-state index contributed by atoms with van der Waals surface area (Å²) in [7, 11) is 0. The Labute approximate surface area is 148 Å². The number of carbonyl (C=O) groups is 1. The fraction of sp³-hybridized carbons (Fsp3) is 0. The molecule has 0 fully saturated rings. The predicted octanol–water partition coefficient (Wildman–Crippen LogP) is 4.78. The van der Waals surface area contributed by atoms with Gasteiger partial charge in [0.15, 0.2) is 0 Å². The van der Waals surface area contributed by atoms with Crippen molar-refractivity contribution < 1.29 is 4.79 Å². The van der Waals surface area contributed by atoms with Crippen LogP contribution in [-0.2, 0) is 0 Å². The molecule has 0 saturated carbocycles. The fourth-order valence-electron chi connectivity index (χ4n) is 1.96. The minimum Gasteiger partial charge on any atom is -0.322 e. The molecule has 1 aromatic heterocycles. The van der Waals surface area contributed by atoms with Crippen LogP contribution in [0.4, 0.5) is 17.3 Å². The molecule has 0 atom stereocenters. The van der Waals surface area contributed by atoms with Gasteiger partial charge in [-0.3, -0.25) is 4.79 Å². The molecule has 0 aliphatic heterocycles. The summed E-state index contributed by atoms with van der Waals surface area (Å²) < 4.78 is 0. The summed E-state index contributed by atoms with van der Waals surface area (Å²) in [6.07, 6.45) is 2.86. The molecular weight excluding hydrogens is 347 g/mol. The molecule has 0 saturated heterocycles. The van der Waals surface area contributed by atoms with Crippen LogP contribution in [0.3, 0.4) is 0 Å². The lowest BCUT2D eigenvalue weighted by atomic mass is 10.3. The molecule has 0 unspecified atom stereocenters. The van der Waals surface area contributed by atoms with Crippen LogP contribution in [0.15, 0.2) is 60.9 Å². The average molecular weight is 359 g/mol. The van der Waals surface area contributed by atoms with Gasteiger partial charge in [0.1, 0.15) is 0 Å². The van der Waals surface area contributed by atoms with Gasteiger partial charge in [-0.2, -0.15) is 0 Å². The van der Waals surface area contributed by atoms with E-state index in [1.54, 1.807) is 30.3 Å². The second-order valence-corrected chi connectivity index (χ2v) is 5.65. The number of anilines is 3. The van der Waals surface area contributed by atoms with Gasteiger partial charge in [-0.1, -0.05) is 47.5 Å². The van der Waals surface area contributed by atoms with Gasteiger partial charge < -0.3 is 10.6 Å². The third-order valence-corrected chi connectivity index (χ3v) is 3.78. The van der Waals surface area contributed by atoms with Crippen molar-refractivity contribution in [3.05, 3.63) is 76.5 Å². The molecule has 5 nitrogen and oxygen atoms in total. The van der Waals surface area contributed by atoms with Crippen LogP contribution in [-0.4, -0.2) is 15.9 Å². The topological polar surface area (TPSA) is 66.9 Å². The molecule has 7 heteroatoms. The summed E-state index contributed by atoms with van der Waals surface area (Å²) in [6.45, 7) is 0. The Morgan fingerprint density at radius 3 is 2.12 bits per heavy atom. The van der Waals surface area contributed by atoms with Gasteiger partial charge in [0.25, 0.3) is 5.91 Å². The minimum absolute atomic E-state index is 0.288. The van der Waals surface area contributed by atoms with E-state index in [9.17, 15) is 4.79 Å². The van der Waals surface area contributed by atoms with Crippen LogP contribution in [0.1, 0.15) is 10.4 Å². The number of nitrogens with zero attached hydrogens (tertiary/aromatic N) is 2. The molecule has 120 valence electrons. The highest BCUT2D eigenvalue weighted by atomic mass is 35.5. The van der Waals surface area contributed by atoms with E-state index >= 15 is 0 Å². The quantitative estimate of drug-likeness (QED) is 0.704. The Kier molecular flexibility index (Phi) is 4.93. The maximum atomic E-state index is 12.1. The Morgan fingerprint density at radius 1 is 0.875 bits per heavy atom. The van der Waals surface area contributed by atoms with Gasteiger partial charge in [0.2, 0.25) is 5.95 Å². The van der Waals surface area contributed by atoms with Gasteiger partial charge in [0.05, 0.1) is 21.3 Å². The van der Waals surface area contributed by atoms with E-state index in [0.717, 1.165) is 0 Å². The van der Waals surface area contributed by atoms with Gasteiger partial charge in [0, 0.05) is 18.1 Å². The van der Waals surface area contributed by atoms with Gasteiger partial charge in [-0.05, 0) is 24.3 Å². The van der Waals surface area contributed by atoms with Crippen molar-refractivity contribution in [2.45, 2.75) is 0 Å². The van der Waals surface area contributed by atoms with E-state index in [-0.39, 0.29) is 5.91 Å². The number of rotatable bonds is 4. The van der Waals surface area contributed by atoms with Crippen LogP contribution in [0.5, 0.6) is 0 Å². The summed E-state index contributed by atoms with van der Waals surface area (Å²) in [4.78, 5) is 20.4. The number of benzene rings is 2. The predicted molar refractivity (Wildman–Crippen MR) is 96.2 cm³/mol. The molecule has 24 heavy (non-hydrogen) atoms. The van der Waals surface area contributed by atoms with Crippen molar-refractivity contribution in [2.24, 2.45) is 0 Å². The summed E-state index contributed by atoms with van der Waals surface area (Å²) in [5.41, 5.74) is 1.56. The highest BCUT2D eigenvalue weighted by Crippen LogP contribution is 2.31. The summed E-state index contributed by atoms with van der Waals surface area (Å²) >= 11 is 12.2. The molecule has 0 spiro atoms. The number of carbonyl (C=O) groups excluding carboxylic acids is 1. The fourth-order valence-corrected chi connectivity index (χ4v) is 2.46. The second-order valence-electron chi connectivity index (χ2n) is 4.84. The molecule has 3 rings (SSSR count). The van der Waals surface area contributed by atoms with E-state index in [2.05, 4.69) is 20.6 Å². The van der Waals surface area contributed by atoms with Gasteiger partial charge >= 0.3 is 0 Å². The first kappa shape index (κ1) is 16.2. The van der Waals surface area contributed by atoms with Crippen molar-refractivity contribution in [1.29, 1.82) is 0 Å². The molecule has 1 heterocycles. The van der Waals surface area contributed by atoms with E-state index in [0.29, 0.717) is 32.9 Å². The van der Waals surface area contributed by atoms with Crippen molar-refractivity contribution in [3.63, 3.8) is 0 Å². The summed E-state index contributed by atoms with van der Waals surface area (Å²) in [5.74, 6) is 0.00443. The molecule has 2 aromatic carbocycles. The van der Waals surface area contributed by atoms with E-state index in [1.807, 2.05) is 18.2 Å². The summed E-state index contributed by atoms with van der Waals surface area (Å²) in [5, 5.41) is 6.61. The number of halogens is 2. The maximum Gasteiger partial charge on any atom is 0.258 e. The summed E-state index contributed by atoms with van der Waals surface area (Å²) in [6, 6.07) is 14.3. The maximum absolute atomic E-state index is 12.1. The molecule has 0 radical (unpaired) electrons. The van der Waals surface area contributed by atoms with Crippen molar-refractivity contribution in [1.82, 2.24) is 9.97 Å². The number of hydrogen-bond donors (Lipinski definition) is 2. The molecule has 0 bridgehead atoms. The van der Waals surface area contributed by atoms with Crippen LogP contribution in [0.25, 0.3) is 0 Å². The van der Waals surface area contributed by atoms with Gasteiger partial charge in [-0.25, -0.2) is 9.97 Å². The molecule has 1 amide bonds. The smallest absolute Gasteiger partial charge is 0.258 e. The third-order valence-electron chi connectivity index (χ3n) is 3.15. The number of nitrogens with one attached hydrogen (secondary N) is 2. The zero-order chi connectivity index (χ0) is 16.9. The van der Waals surface area contributed by atoms with Crippen molar-refractivity contribution in [3.8, 4) is 0 Å². The van der Waals surface area contributed by atoms with Crippen LogP contribution in [0.2, 0.25) is 10.0 Å². The number of aromatic nitrogens is 2. The highest BCUT2D eigenvalue weighted by molar-refractivity contribution is 6.39. The lowest BCUT2D eigenvalue weighted by Crippen LogP contribution is -2.13. The Balaban J connectivity index is 1.72. The lowest BCUT2D eigenvalue weighted by molar-refractivity contribution is 0.102. The molecule has 3 aromatic rings. The van der Waals surface area contributed by atoms with Crippen molar-refractivity contribution in [2.75, 3.05) is 10.6 Å².